The molecule has 96 valence electrons. The maximum Gasteiger partial charge on any atom is 0.253 e. The smallest absolute Gasteiger partial charge is 0.253 e. The Labute approximate surface area is 107 Å². The van der Waals surface area contributed by atoms with E-state index in [0.717, 1.165) is 25.6 Å². The summed E-state index contributed by atoms with van der Waals surface area (Å²) >= 11 is 0. The molecule has 4 heteroatoms. The number of rotatable bonds is 3. The monoisotopic (exact) mass is 245 g/mol. The average molecular weight is 245 g/mol. The van der Waals surface area contributed by atoms with E-state index in [0.29, 0.717) is 11.3 Å². The lowest BCUT2D eigenvalue weighted by Crippen LogP contribution is -2.37. The van der Waals surface area contributed by atoms with Gasteiger partial charge >= 0.3 is 0 Å². The maximum absolute atomic E-state index is 12.1. The second kappa shape index (κ2) is 4.61. The lowest BCUT2D eigenvalue weighted by molar-refractivity contribution is 0.0938. The zero-order valence-electron chi connectivity index (χ0n) is 10.4. The van der Waals surface area contributed by atoms with Crippen LogP contribution in [0.25, 0.3) is 0 Å². The van der Waals surface area contributed by atoms with Crippen molar-refractivity contribution < 1.29 is 4.79 Å². The van der Waals surface area contributed by atoms with Crippen LogP contribution in [0.5, 0.6) is 0 Å². The number of anilines is 1. The van der Waals surface area contributed by atoms with Gasteiger partial charge in [0.1, 0.15) is 0 Å². The highest BCUT2D eigenvalue weighted by Gasteiger charge is 2.34. The fourth-order valence-corrected chi connectivity index (χ4v) is 2.64. The van der Waals surface area contributed by atoms with E-state index in [2.05, 4.69) is 10.2 Å². The van der Waals surface area contributed by atoms with Crippen molar-refractivity contribution in [3.8, 4) is 0 Å². The first kappa shape index (κ1) is 11.5. The van der Waals surface area contributed by atoms with Gasteiger partial charge < -0.3 is 11.1 Å². The molecule has 1 unspecified atom stereocenters. The number of nitrogen functional groups attached to an aromatic ring is 1. The van der Waals surface area contributed by atoms with Gasteiger partial charge in [-0.15, -0.1) is 0 Å². The highest BCUT2D eigenvalue weighted by Crippen LogP contribution is 2.29. The predicted molar refractivity (Wildman–Crippen MR) is 71.3 cm³/mol. The summed E-state index contributed by atoms with van der Waals surface area (Å²) in [5.74, 6) is -0.0456. The zero-order valence-corrected chi connectivity index (χ0v) is 10.4. The van der Waals surface area contributed by atoms with Crippen molar-refractivity contribution in [2.75, 3.05) is 18.8 Å². The van der Waals surface area contributed by atoms with E-state index in [9.17, 15) is 4.79 Å². The molecule has 0 aromatic heterocycles. The SMILES string of the molecule is Nc1ccccc1C(=O)NC1CCN(C2CC2)C1. The molecule has 1 saturated carbocycles. The topological polar surface area (TPSA) is 58.4 Å². The van der Waals surface area contributed by atoms with E-state index in [4.69, 9.17) is 5.73 Å². The number of carbonyl (C=O) groups is 1. The minimum atomic E-state index is -0.0456. The van der Waals surface area contributed by atoms with Crippen LogP contribution in [0.15, 0.2) is 24.3 Å². The lowest BCUT2D eigenvalue weighted by atomic mass is 10.1. The summed E-state index contributed by atoms with van der Waals surface area (Å²) in [5, 5.41) is 3.09. The molecule has 3 rings (SSSR count). The maximum atomic E-state index is 12.1. The van der Waals surface area contributed by atoms with Crippen LogP contribution in [-0.2, 0) is 0 Å². The average Bonchev–Trinajstić information content (AvgIpc) is 3.11. The molecule has 3 N–H and O–H groups in total. The van der Waals surface area contributed by atoms with Crippen molar-refractivity contribution in [2.45, 2.75) is 31.3 Å². The van der Waals surface area contributed by atoms with Gasteiger partial charge in [0.15, 0.2) is 0 Å². The molecule has 18 heavy (non-hydrogen) atoms. The summed E-state index contributed by atoms with van der Waals surface area (Å²) in [4.78, 5) is 14.6. The molecule has 1 atom stereocenters. The minimum Gasteiger partial charge on any atom is -0.398 e. The molecule has 1 aliphatic carbocycles. The summed E-state index contributed by atoms with van der Waals surface area (Å²) in [7, 11) is 0. The Morgan fingerprint density at radius 2 is 2.06 bits per heavy atom. The number of carbonyl (C=O) groups excluding carboxylic acids is 1. The third kappa shape index (κ3) is 2.34. The van der Waals surface area contributed by atoms with Gasteiger partial charge in [0, 0.05) is 30.9 Å². The van der Waals surface area contributed by atoms with Crippen LogP contribution in [0.1, 0.15) is 29.6 Å². The molecule has 0 bridgehead atoms. The molecule has 1 aliphatic heterocycles. The van der Waals surface area contributed by atoms with E-state index in [1.54, 1.807) is 12.1 Å². The van der Waals surface area contributed by atoms with Gasteiger partial charge in [0.25, 0.3) is 5.91 Å². The first-order chi connectivity index (χ1) is 8.74. The molecule has 1 aromatic rings. The van der Waals surface area contributed by atoms with Gasteiger partial charge in [-0.1, -0.05) is 12.1 Å². The Kier molecular flexibility index (Phi) is 2.96. The Morgan fingerprint density at radius 1 is 1.28 bits per heavy atom. The van der Waals surface area contributed by atoms with E-state index in [-0.39, 0.29) is 11.9 Å². The number of likely N-dealkylation sites (tertiary alicyclic amines) is 1. The normalized spacial score (nSPS) is 24.1. The van der Waals surface area contributed by atoms with Crippen molar-refractivity contribution >= 4 is 11.6 Å². The highest BCUT2D eigenvalue weighted by atomic mass is 16.1. The molecule has 1 aromatic carbocycles. The molecule has 1 saturated heterocycles. The highest BCUT2D eigenvalue weighted by molar-refractivity contribution is 5.99. The molecule has 2 aliphatic rings. The van der Waals surface area contributed by atoms with Crippen molar-refractivity contribution in [3.05, 3.63) is 29.8 Å². The van der Waals surface area contributed by atoms with E-state index in [1.807, 2.05) is 12.1 Å². The molecule has 4 nitrogen and oxygen atoms in total. The van der Waals surface area contributed by atoms with Crippen LogP contribution in [0.3, 0.4) is 0 Å². The van der Waals surface area contributed by atoms with Crippen LogP contribution in [0, 0.1) is 0 Å². The second-order valence-electron chi connectivity index (χ2n) is 5.27. The molecule has 1 amide bonds. The van der Waals surface area contributed by atoms with E-state index >= 15 is 0 Å². The standard InChI is InChI=1S/C14H19N3O/c15-13-4-2-1-3-12(13)14(18)16-10-7-8-17(9-10)11-5-6-11/h1-4,10-11H,5-9,15H2,(H,16,18). The Balaban J connectivity index is 1.60. The fraction of sp³-hybridized carbons (Fsp3) is 0.500. The molecule has 0 spiro atoms. The van der Waals surface area contributed by atoms with Crippen molar-refractivity contribution in [3.63, 3.8) is 0 Å². The largest absolute Gasteiger partial charge is 0.398 e. The van der Waals surface area contributed by atoms with Gasteiger partial charge in [0.2, 0.25) is 0 Å². The van der Waals surface area contributed by atoms with E-state index < -0.39 is 0 Å². The van der Waals surface area contributed by atoms with Crippen LogP contribution < -0.4 is 11.1 Å². The third-order valence-electron chi connectivity index (χ3n) is 3.82. The second-order valence-corrected chi connectivity index (χ2v) is 5.27. The van der Waals surface area contributed by atoms with Crippen LogP contribution >= 0.6 is 0 Å². The Bertz CT molecular complexity index is 456. The molecular formula is C14H19N3O. The fourth-order valence-electron chi connectivity index (χ4n) is 2.64. The van der Waals surface area contributed by atoms with Crippen LogP contribution in [0.2, 0.25) is 0 Å². The minimum absolute atomic E-state index is 0.0456. The van der Waals surface area contributed by atoms with E-state index in [1.165, 1.54) is 12.8 Å². The predicted octanol–water partition coefficient (Wildman–Crippen LogP) is 1.24. The number of amides is 1. The number of hydrogen-bond donors (Lipinski definition) is 2. The first-order valence-corrected chi connectivity index (χ1v) is 6.63. The molecular weight excluding hydrogens is 226 g/mol. The number of nitrogens with one attached hydrogen (secondary N) is 1. The van der Waals surface area contributed by atoms with Crippen LogP contribution in [0.4, 0.5) is 5.69 Å². The number of hydrogen-bond acceptors (Lipinski definition) is 3. The summed E-state index contributed by atoms with van der Waals surface area (Å²) in [5.41, 5.74) is 6.94. The van der Waals surface area contributed by atoms with Crippen LogP contribution in [-0.4, -0.2) is 36.0 Å². The zero-order chi connectivity index (χ0) is 12.5. The van der Waals surface area contributed by atoms with Crippen molar-refractivity contribution in [2.24, 2.45) is 0 Å². The third-order valence-corrected chi connectivity index (χ3v) is 3.82. The van der Waals surface area contributed by atoms with Gasteiger partial charge in [-0.05, 0) is 31.4 Å². The van der Waals surface area contributed by atoms with Gasteiger partial charge in [-0.25, -0.2) is 0 Å². The van der Waals surface area contributed by atoms with Gasteiger partial charge in [-0.3, -0.25) is 9.69 Å². The van der Waals surface area contributed by atoms with Crippen molar-refractivity contribution in [1.29, 1.82) is 0 Å². The number of nitrogens with zero attached hydrogens (tertiary/aromatic N) is 1. The Hall–Kier alpha value is -1.55. The lowest BCUT2D eigenvalue weighted by Gasteiger charge is -2.16. The van der Waals surface area contributed by atoms with Gasteiger partial charge in [0.05, 0.1) is 5.56 Å². The summed E-state index contributed by atoms with van der Waals surface area (Å²) in [6.45, 7) is 2.10. The summed E-state index contributed by atoms with van der Waals surface area (Å²) in [6.07, 6.45) is 3.70. The quantitative estimate of drug-likeness (QED) is 0.788. The molecule has 2 fully saturated rings. The summed E-state index contributed by atoms with van der Waals surface area (Å²) < 4.78 is 0. The molecule has 0 radical (unpaired) electrons. The molecule has 1 heterocycles. The van der Waals surface area contributed by atoms with Crippen molar-refractivity contribution in [1.82, 2.24) is 10.2 Å². The number of benzene rings is 1. The van der Waals surface area contributed by atoms with Gasteiger partial charge in [-0.2, -0.15) is 0 Å². The summed E-state index contributed by atoms with van der Waals surface area (Å²) in [6, 6.07) is 8.29. The Morgan fingerprint density at radius 3 is 2.78 bits per heavy atom. The first-order valence-electron chi connectivity index (χ1n) is 6.63. The number of para-hydroxylation sites is 1. The number of nitrogens with two attached hydrogens (primary N) is 1.